The molecule has 0 aliphatic heterocycles. The zero-order valence-electron chi connectivity index (χ0n) is 21.1. The molecule has 0 N–H and O–H groups in total. The molecule has 0 saturated heterocycles. The highest BCUT2D eigenvalue weighted by molar-refractivity contribution is 5.80. The van der Waals surface area contributed by atoms with Gasteiger partial charge in [-0.3, -0.25) is 4.79 Å². The van der Waals surface area contributed by atoms with Gasteiger partial charge in [-0.15, -0.1) is 0 Å². The first kappa shape index (κ1) is 24.8. The van der Waals surface area contributed by atoms with Crippen LogP contribution in [-0.4, -0.2) is 20.0 Å². The highest BCUT2D eigenvalue weighted by atomic mass is 16.5. The van der Waals surface area contributed by atoms with Crippen LogP contribution < -0.4 is 9.47 Å². The second-order valence-corrected chi connectivity index (χ2v) is 10.4. The van der Waals surface area contributed by atoms with Gasteiger partial charge in [-0.2, -0.15) is 0 Å². The summed E-state index contributed by atoms with van der Waals surface area (Å²) in [5.41, 5.74) is 2.44. The fourth-order valence-corrected chi connectivity index (χ4v) is 6.65. The van der Waals surface area contributed by atoms with Crippen molar-refractivity contribution in [3.63, 3.8) is 0 Å². The lowest BCUT2D eigenvalue weighted by atomic mass is 9.71. The molecule has 0 heterocycles. The molecule has 0 amide bonds. The van der Waals surface area contributed by atoms with Crippen LogP contribution in [0.25, 0.3) is 0 Å². The molecular weight excluding hydrogens is 420 g/mol. The summed E-state index contributed by atoms with van der Waals surface area (Å²) < 4.78 is 11.5. The fraction of sp³-hybridized carbons (Fsp3) is 0.581. The number of para-hydroxylation sites is 2. The predicted molar refractivity (Wildman–Crippen MR) is 139 cm³/mol. The summed E-state index contributed by atoms with van der Waals surface area (Å²) in [7, 11) is 3.50. The lowest BCUT2D eigenvalue weighted by molar-refractivity contribution is -0.120. The number of hydrogen-bond donors (Lipinski definition) is 0. The Balaban J connectivity index is 1.58. The molecule has 34 heavy (non-hydrogen) atoms. The molecule has 2 saturated carbocycles. The first-order valence-corrected chi connectivity index (χ1v) is 13.5. The third-order valence-corrected chi connectivity index (χ3v) is 8.41. The minimum atomic E-state index is 0.244. The van der Waals surface area contributed by atoms with Crippen molar-refractivity contribution in [2.75, 3.05) is 14.2 Å². The van der Waals surface area contributed by atoms with Gasteiger partial charge in [0.2, 0.25) is 0 Å². The minimum absolute atomic E-state index is 0.244. The van der Waals surface area contributed by atoms with Crippen LogP contribution in [-0.2, 0) is 4.79 Å². The zero-order valence-corrected chi connectivity index (χ0v) is 21.1. The number of hydrogen-bond acceptors (Lipinski definition) is 3. The van der Waals surface area contributed by atoms with Crippen LogP contribution in [0.4, 0.5) is 0 Å². The zero-order chi connectivity index (χ0) is 23.8. The Morgan fingerprint density at radius 3 is 1.44 bits per heavy atom. The van der Waals surface area contributed by atoms with E-state index in [1.807, 2.05) is 12.1 Å². The molecule has 0 aromatic heterocycles. The lowest BCUT2D eigenvalue weighted by Crippen LogP contribution is -2.23. The van der Waals surface area contributed by atoms with Gasteiger partial charge in [-0.05, 0) is 72.6 Å². The Morgan fingerprint density at radius 1 is 0.676 bits per heavy atom. The monoisotopic (exact) mass is 462 g/mol. The largest absolute Gasteiger partial charge is 0.496 e. The van der Waals surface area contributed by atoms with Gasteiger partial charge < -0.3 is 9.47 Å². The van der Waals surface area contributed by atoms with Crippen molar-refractivity contribution in [2.24, 2.45) is 11.8 Å². The van der Waals surface area contributed by atoms with Crippen molar-refractivity contribution >= 4 is 5.78 Å². The van der Waals surface area contributed by atoms with Gasteiger partial charge in [0.15, 0.2) is 0 Å². The number of rotatable bonds is 10. The molecule has 2 aliphatic rings. The third kappa shape index (κ3) is 6.03. The standard InChI is InChI=1S/C31H42O3/c1-33-30-19-11-9-17-26(30)28(23-13-5-3-6-14-23)21-25(32)22-29(24-15-7-4-8-16-24)27-18-10-12-20-31(27)34-2/h9-12,17-20,23-24,28-29H,3-8,13-16,21-22H2,1-2H3/t28-,29+. The molecule has 0 bridgehead atoms. The Bertz CT molecular complexity index is 835. The normalized spacial score (nSPS) is 19.4. The van der Waals surface area contributed by atoms with Gasteiger partial charge in [0, 0.05) is 12.8 Å². The Hall–Kier alpha value is -2.29. The van der Waals surface area contributed by atoms with Gasteiger partial charge in [0.05, 0.1) is 14.2 Å². The van der Waals surface area contributed by atoms with Crippen molar-refractivity contribution in [3.8, 4) is 11.5 Å². The molecule has 3 nitrogen and oxygen atoms in total. The maximum atomic E-state index is 13.8. The van der Waals surface area contributed by atoms with Crippen LogP contribution >= 0.6 is 0 Å². The number of methoxy groups -OCH3 is 2. The molecular formula is C31H42O3. The molecule has 2 aromatic rings. The number of benzene rings is 2. The maximum absolute atomic E-state index is 13.8. The van der Waals surface area contributed by atoms with Crippen LogP contribution in [0.2, 0.25) is 0 Å². The van der Waals surface area contributed by atoms with E-state index < -0.39 is 0 Å². The van der Waals surface area contributed by atoms with E-state index >= 15 is 0 Å². The van der Waals surface area contributed by atoms with Crippen LogP contribution in [0, 0.1) is 11.8 Å². The van der Waals surface area contributed by atoms with Crippen molar-refractivity contribution in [1.29, 1.82) is 0 Å². The van der Waals surface area contributed by atoms with Crippen LogP contribution in [0.5, 0.6) is 11.5 Å². The lowest BCUT2D eigenvalue weighted by Gasteiger charge is -2.33. The molecule has 0 radical (unpaired) electrons. The molecule has 2 atom stereocenters. The summed E-state index contributed by atoms with van der Waals surface area (Å²) in [5.74, 6) is 3.87. The van der Waals surface area contributed by atoms with E-state index in [1.165, 1.54) is 75.3 Å². The van der Waals surface area contributed by atoms with E-state index in [2.05, 4.69) is 36.4 Å². The maximum Gasteiger partial charge on any atom is 0.134 e. The summed E-state index contributed by atoms with van der Waals surface area (Å²) in [6.07, 6.45) is 13.8. The SMILES string of the molecule is COc1ccccc1[C@@H](CC(=O)C[C@@H](c1ccccc1OC)C1CCCCC1)C1CCCCC1. The first-order valence-electron chi connectivity index (χ1n) is 13.5. The fourth-order valence-electron chi connectivity index (χ4n) is 6.65. The summed E-state index contributed by atoms with van der Waals surface area (Å²) in [4.78, 5) is 13.8. The molecule has 2 aromatic carbocycles. The quantitative estimate of drug-likeness (QED) is 0.358. The van der Waals surface area contributed by atoms with Crippen LogP contribution in [0.15, 0.2) is 48.5 Å². The minimum Gasteiger partial charge on any atom is -0.496 e. The molecule has 3 heteroatoms. The smallest absolute Gasteiger partial charge is 0.134 e. The third-order valence-electron chi connectivity index (χ3n) is 8.41. The first-order chi connectivity index (χ1) is 16.7. The Morgan fingerprint density at radius 2 is 1.06 bits per heavy atom. The second-order valence-electron chi connectivity index (χ2n) is 10.4. The number of carbonyl (C=O) groups excluding carboxylic acids is 1. The van der Waals surface area contributed by atoms with E-state index in [0.717, 1.165) is 11.5 Å². The van der Waals surface area contributed by atoms with Gasteiger partial charge in [-0.1, -0.05) is 74.9 Å². The van der Waals surface area contributed by atoms with Crippen molar-refractivity contribution < 1.29 is 14.3 Å². The highest BCUT2D eigenvalue weighted by Gasteiger charge is 2.33. The molecule has 4 rings (SSSR count). The second kappa shape index (κ2) is 12.4. The highest BCUT2D eigenvalue weighted by Crippen LogP contribution is 2.45. The van der Waals surface area contributed by atoms with E-state index in [9.17, 15) is 4.79 Å². The van der Waals surface area contributed by atoms with Crippen molar-refractivity contribution in [2.45, 2.75) is 88.9 Å². The predicted octanol–water partition coefficient (Wildman–Crippen LogP) is 8.08. The Kier molecular flexibility index (Phi) is 9.07. The van der Waals surface area contributed by atoms with Crippen molar-refractivity contribution in [1.82, 2.24) is 0 Å². The average molecular weight is 463 g/mol. The number of ketones is 1. The Labute approximate surface area is 206 Å². The van der Waals surface area contributed by atoms with Gasteiger partial charge >= 0.3 is 0 Å². The van der Waals surface area contributed by atoms with E-state index in [4.69, 9.17) is 9.47 Å². The number of ether oxygens (including phenoxy) is 2. The topological polar surface area (TPSA) is 35.5 Å². The summed E-state index contributed by atoms with van der Waals surface area (Å²) in [6.45, 7) is 0. The van der Waals surface area contributed by atoms with Crippen LogP contribution in [0.1, 0.15) is 100 Å². The molecule has 2 fully saturated rings. The molecule has 2 aliphatic carbocycles. The van der Waals surface area contributed by atoms with Crippen molar-refractivity contribution in [3.05, 3.63) is 59.7 Å². The number of Topliss-reactive ketones (excluding diaryl/α,β-unsaturated/α-hetero) is 1. The number of carbonyl (C=O) groups is 1. The van der Waals surface area contributed by atoms with E-state index in [0.29, 0.717) is 30.5 Å². The van der Waals surface area contributed by atoms with Gasteiger partial charge in [-0.25, -0.2) is 0 Å². The summed E-state index contributed by atoms with van der Waals surface area (Å²) in [6, 6.07) is 16.7. The summed E-state index contributed by atoms with van der Waals surface area (Å²) in [5, 5.41) is 0. The summed E-state index contributed by atoms with van der Waals surface area (Å²) >= 11 is 0. The van der Waals surface area contributed by atoms with E-state index in [1.54, 1.807) is 14.2 Å². The van der Waals surface area contributed by atoms with E-state index in [-0.39, 0.29) is 11.8 Å². The average Bonchev–Trinajstić information content (AvgIpc) is 2.91. The van der Waals surface area contributed by atoms with Gasteiger partial charge in [0.1, 0.15) is 17.3 Å². The molecule has 184 valence electrons. The van der Waals surface area contributed by atoms with Crippen LogP contribution in [0.3, 0.4) is 0 Å². The van der Waals surface area contributed by atoms with Gasteiger partial charge in [0.25, 0.3) is 0 Å². The molecule has 0 unspecified atom stereocenters. The molecule has 0 spiro atoms.